The normalized spacial score (nSPS) is 10.8. The Hall–Kier alpha value is -3.22. The molecule has 0 amide bonds. The summed E-state index contributed by atoms with van der Waals surface area (Å²) in [6.45, 7) is 0.314. The minimum atomic E-state index is -0.974. The number of halogens is 2. The van der Waals surface area contributed by atoms with E-state index >= 15 is 0 Å². The highest BCUT2D eigenvalue weighted by molar-refractivity contribution is 6.42. The van der Waals surface area contributed by atoms with Gasteiger partial charge in [-0.05, 0) is 65.7 Å². The van der Waals surface area contributed by atoms with Crippen LogP contribution in [0.4, 0.5) is 5.69 Å². The Morgan fingerprint density at radius 3 is 2.47 bits per heavy atom. The second-order valence-corrected chi connectivity index (χ2v) is 7.01. The van der Waals surface area contributed by atoms with Gasteiger partial charge in [-0.1, -0.05) is 29.3 Å². The summed E-state index contributed by atoms with van der Waals surface area (Å²) < 4.78 is 11.2. The van der Waals surface area contributed by atoms with E-state index in [9.17, 15) is 4.79 Å². The van der Waals surface area contributed by atoms with E-state index in [2.05, 4.69) is 10.5 Å². The lowest BCUT2D eigenvalue weighted by Gasteiger charge is -2.12. The van der Waals surface area contributed by atoms with Crippen LogP contribution in [-0.2, 0) is 6.61 Å². The summed E-state index contributed by atoms with van der Waals surface area (Å²) in [4.78, 5) is 10.9. The van der Waals surface area contributed by atoms with Gasteiger partial charge >= 0.3 is 5.97 Å². The number of ether oxygens (including phenoxy) is 2. The smallest absolute Gasteiger partial charge is 0.335 e. The van der Waals surface area contributed by atoms with Crippen LogP contribution in [0.2, 0.25) is 10.0 Å². The van der Waals surface area contributed by atoms with Crippen molar-refractivity contribution in [2.75, 3.05) is 12.5 Å². The zero-order chi connectivity index (χ0) is 21.5. The number of carboxylic acids is 1. The number of hydrogen-bond acceptors (Lipinski definition) is 5. The van der Waals surface area contributed by atoms with Gasteiger partial charge in [-0.15, -0.1) is 0 Å². The predicted octanol–water partition coefficient (Wildman–Crippen LogP) is 5.73. The van der Waals surface area contributed by atoms with E-state index in [-0.39, 0.29) is 5.56 Å². The molecule has 0 bridgehead atoms. The maximum absolute atomic E-state index is 10.9. The zero-order valence-corrected chi connectivity index (χ0v) is 17.4. The lowest BCUT2D eigenvalue weighted by atomic mass is 10.2. The maximum atomic E-state index is 10.9. The van der Waals surface area contributed by atoms with Crippen molar-refractivity contribution in [3.8, 4) is 11.5 Å². The Balaban J connectivity index is 1.63. The number of hydrogen-bond donors (Lipinski definition) is 2. The summed E-state index contributed by atoms with van der Waals surface area (Å²) in [6, 6.07) is 17.0. The largest absolute Gasteiger partial charge is 0.493 e. The van der Waals surface area contributed by atoms with Gasteiger partial charge in [-0.25, -0.2) is 4.79 Å². The van der Waals surface area contributed by atoms with Crippen molar-refractivity contribution in [2.24, 2.45) is 5.10 Å². The molecule has 8 heteroatoms. The SMILES string of the molecule is COc1cc(/C=N/Nc2ccc(C(=O)O)cc2)ccc1OCc1ccc(Cl)c(Cl)c1. The summed E-state index contributed by atoms with van der Waals surface area (Å²) >= 11 is 12.0. The fourth-order valence-corrected chi connectivity index (χ4v) is 2.86. The number of nitrogens with one attached hydrogen (secondary N) is 1. The molecule has 0 heterocycles. The number of rotatable bonds is 8. The van der Waals surface area contributed by atoms with E-state index in [0.29, 0.717) is 33.8 Å². The molecule has 30 heavy (non-hydrogen) atoms. The van der Waals surface area contributed by atoms with Gasteiger partial charge in [-0.2, -0.15) is 5.10 Å². The first-order valence-electron chi connectivity index (χ1n) is 8.83. The Morgan fingerprint density at radius 1 is 1.03 bits per heavy atom. The third-order valence-corrected chi connectivity index (χ3v) is 4.84. The molecule has 0 unspecified atom stereocenters. The molecule has 0 saturated heterocycles. The standard InChI is InChI=1S/C22H18Cl2N2O4/c1-29-21-11-14(12-25-26-17-6-4-16(5-7-17)22(27)28)3-9-20(21)30-13-15-2-8-18(23)19(24)10-15/h2-12,26H,13H2,1H3,(H,27,28)/b25-12+. The van der Waals surface area contributed by atoms with E-state index in [0.717, 1.165) is 11.1 Å². The molecular weight excluding hydrogens is 427 g/mol. The van der Waals surface area contributed by atoms with Crippen molar-refractivity contribution in [3.05, 3.63) is 87.4 Å². The van der Waals surface area contributed by atoms with Crippen LogP contribution in [-0.4, -0.2) is 24.4 Å². The molecule has 6 nitrogen and oxygen atoms in total. The average Bonchev–Trinajstić information content (AvgIpc) is 2.75. The molecule has 2 N–H and O–H groups in total. The minimum Gasteiger partial charge on any atom is -0.493 e. The topological polar surface area (TPSA) is 80.2 Å². The van der Waals surface area contributed by atoms with Crippen molar-refractivity contribution in [1.82, 2.24) is 0 Å². The Kier molecular flexibility index (Phi) is 7.17. The Morgan fingerprint density at radius 2 is 1.80 bits per heavy atom. The predicted molar refractivity (Wildman–Crippen MR) is 118 cm³/mol. The fraction of sp³-hybridized carbons (Fsp3) is 0.0909. The number of aromatic carboxylic acids is 1. The second-order valence-electron chi connectivity index (χ2n) is 6.20. The van der Waals surface area contributed by atoms with Gasteiger partial charge in [-0.3, -0.25) is 5.43 Å². The van der Waals surface area contributed by atoms with Crippen molar-refractivity contribution in [3.63, 3.8) is 0 Å². The molecule has 0 radical (unpaired) electrons. The first kappa shape index (κ1) is 21.5. The van der Waals surface area contributed by atoms with Gasteiger partial charge in [0.05, 0.1) is 34.6 Å². The van der Waals surface area contributed by atoms with Crippen LogP contribution in [0.3, 0.4) is 0 Å². The van der Waals surface area contributed by atoms with Crippen LogP contribution in [0.1, 0.15) is 21.5 Å². The molecular formula is C22H18Cl2N2O4. The van der Waals surface area contributed by atoms with Crippen molar-refractivity contribution >= 4 is 41.1 Å². The first-order chi connectivity index (χ1) is 14.5. The van der Waals surface area contributed by atoms with Crippen molar-refractivity contribution in [2.45, 2.75) is 6.61 Å². The van der Waals surface area contributed by atoms with Crippen LogP contribution < -0.4 is 14.9 Å². The molecule has 0 aliphatic rings. The number of hydrazone groups is 1. The lowest BCUT2D eigenvalue weighted by Crippen LogP contribution is -1.99. The van der Waals surface area contributed by atoms with E-state index in [1.54, 1.807) is 49.7 Å². The van der Waals surface area contributed by atoms with E-state index in [1.165, 1.54) is 12.1 Å². The van der Waals surface area contributed by atoms with Gasteiger partial charge in [0, 0.05) is 0 Å². The number of anilines is 1. The molecule has 0 fully saturated rings. The summed E-state index contributed by atoms with van der Waals surface area (Å²) in [7, 11) is 1.56. The number of carbonyl (C=O) groups is 1. The summed E-state index contributed by atoms with van der Waals surface area (Å²) in [5, 5.41) is 14.0. The molecule has 3 aromatic rings. The molecule has 0 aromatic heterocycles. The Labute approximate surface area is 183 Å². The molecule has 0 aliphatic heterocycles. The Bertz CT molecular complexity index is 1070. The fourth-order valence-electron chi connectivity index (χ4n) is 2.54. The molecule has 0 aliphatic carbocycles. The molecule has 3 rings (SSSR count). The van der Waals surface area contributed by atoms with Crippen LogP contribution in [0.15, 0.2) is 65.8 Å². The maximum Gasteiger partial charge on any atom is 0.335 e. The average molecular weight is 445 g/mol. The van der Waals surface area contributed by atoms with Crippen LogP contribution in [0, 0.1) is 0 Å². The van der Waals surface area contributed by atoms with Crippen molar-refractivity contribution < 1.29 is 19.4 Å². The number of nitrogens with zero attached hydrogens (tertiary/aromatic N) is 1. The molecule has 154 valence electrons. The van der Waals surface area contributed by atoms with Crippen LogP contribution in [0.25, 0.3) is 0 Å². The highest BCUT2D eigenvalue weighted by atomic mass is 35.5. The second kappa shape index (κ2) is 10.0. The highest BCUT2D eigenvalue weighted by Crippen LogP contribution is 2.29. The van der Waals surface area contributed by atoms with Gasteiger partial charge in [0.1, 0.15) is 6.61 Å². The van der Waals surface area contributed by atoms with Gasteiger partial charge in [0.2, 0.25) is 0 Å². The summed E-state index contributed by atoms with van der Waals surface area (Å²) in [5.74, 6) is 0.168. The molecule has 0 spiro atoms. The van der Waals surface area contributed by atoms with Crippen LogP contribution in [0.5, 0.6) is 11.5 Å². The van der Waals surface area contributed by atoms with Gasteiger partial charge in [0.25, 0.3) is 0 Å². The zero-order valence-electron chi connectivity index (χ0n) is 15.9. The highest BCUT2D eigenvalue weighted by Gasteiger charge is 2.07. The van der Waals surface area contributed by atoms with Crippen molar-refractivity contribution in [1.29, 1.82) is 0 Å². The lowest BCUT2D eigenvalue weighted by molar-refractivity contribution is 0.0697. The first-order valence-corrected chi connectivity index (χ1v) is 9.59. The van der Waals surface area contributed by atoms with E-state index in [1.807, 2.05) is 12.1 Å². The van der Waals surface area contributed by atoms with Gasteiger partial charge < -0.3 is 14.6 Å². The quantitative estimate of drug-likeness (QED) is 0.342. The van der Waals surface area contributed by atoms with Crippen LogP contribution >= 0.6 is 23.2 Å². The minimum absolute atomic E-state index is 0.214. The van der Waals surface area contributed by atoms with Gasteiger partial charge in [0.15, 0.2) is 11.5 Å². The molecule has 0 saturated carbocycles. The number of carboxylic acid groups (broad SMARTS) is 1. The summed E-state index contributed by atoms with van der Waals surface area (Å²) in [5.41, 5.74) is 5.41. The number of benzene rings is 3. The monoisotopic (exact) mass is 444 g/mol. The van der Waals surface area contributed by atoms with E-state index < -0.39 is 5.97 Å². The van der Waals surface area contributed by atoms with E-state index in [4.69, 9.17) is 37.8 Å². The molecule has 3 aromatic carbocycles. The summed E-state index contributed by atoms with van der Waals surface area (Å²) in [6.07, 6.45) is 1.62. The third-order valence-electron chi connectivity index (χ3n) is 4.11. The number of methoxy groups -OCH3 is 1. The third kappa shape index (κ3) is 5.65. The molecule has 0 atom stereocenters.